The standard InChI is InChI=1S/C42H67N5O9/c1-10-26(4)36(45(6)41(51)35(25(2)3)44-40(50)37-29-18-19-31(22-29)47(37)42(52)53)33(55-8)23-34(48)46-20-14-17-32(46)38(56-9)27(5)39(49)43-30(24-54-7)21-28-15-12-11-13-16-28/h11-13,15-16,25-27,29-33,35-38H,10,14,17-24H2,1-9H3,(H,43,49)(H,44,50)(H,52,53)/t26-,27+,29-,30-,31+,32-,33+,35-,36-,37-,38+/m0/s1. The third-order valence-electron chi connectivity index (χ3n) is 12.6. The molecule has 0 spiro atoms. The van der Waals surface area contributed by atoms with Crippen LogP contribution >= 0.6 is 0 Å². The minimum Gasteiger partial charge on any atom is -0.465 e. The summed E-state index contributed by atoms with van der Waals surface area (Å²) >= 11 is 0. The number of likely N-dealkylation sites (N-methyl/N-ethyl adjacent to an activating group) is 1. The lowest BCUT2D eigenvalue weighted by Crippen LogP contribution is -2.60. The van der Waals surface area contributed by atoms with Gasteiger partial charge in [-0.15, -0.1) is 0 Å². The van der Waals surface area contributed by atoms with E-state index < -0.39 is 48.3 Å². The monoisotopic (exact) mass is 785 g/mol. The van der Waals surface area contributed by atoms with Crippen molar-refractivity contribution in [3.05, 3.63) is 35.9 Å². The van der Waals surface area contributed by atoms with E-state index in [0.29, 0.717) is 38.8 Å². The number of fused-ring (bicyclic) bond motifs is 2. The number of hydrogen-bond donors (Lipinski definition) is 3. The van der Waals surface area contributed by atoms with Gasteiger partial charge in [-0.1, -0.05) is 71.4 Å². The Labute approximate surface area is 333 Å². The van der Waals surface area contributed by atoms with Gasteiger partial charge in [0.25, 0.3) is 0 Å². The second kappa shape index (κ2) is 20.6. The number of nitrogens with zero attached hydrogens (tertiary/aromatic N) is 3. The molecule has 2 saturated heterocycles. The van der Waals surface area contributed by atoms with Crippen LogP contribution in [0.2, 0.25) is 0 Å². The van der Waals surface area contributed by atoms with Gasteiger partial charge in [0.05, 0.1) is 49.3 Å². The van der Waals surface area contributed by atoms with Crippen LogP contribution in [0.3, 0.4) is 0 Å². The fourth-order valence-electron chi connectivity index (χ4n) is 9.46. The molecule has 1 aromatic rings. The van der Waals surface area contributed by atoms with E-state index in [9.17, 15) is 29.1 Å². The first-order chi connectivity index (χ1) is 26.7. The molecule has 2 heterocycles. The molecule has 1 saturated carbocycles. The summed E-state index contributed by atoms with van der Waals surface area (Å²) in [4.78, 5) is 72.7. The maximum atomic E-state index is 14.3. The van der Waals surface area contributed by atoms with Crippen molar-refractivity contribution < 1.29 is 43.3 Å². The van der Waals surface area contributed by atoms with E-state index in [-0.39, 0.29) is 60.0 Å². The predicted molar refractivity (Wildman–Crippen MR) is 212 cm³/mol. The minimum absolute atomic E-state index is 0.00104. The normalized spacial score (nSPS) is 24.2. The Kier molecular flexibility index (Phi) is 16.5. The number of likely N-dealkylation sites (tertiary alicyclic amines) is 2. The molecule has 1 aromatic carbocycles. The molecule has 14 nitrogen and oxygen atoms in total. The smallest absolute Gasteiger partial charge is 0.408 e. The number of nitrogens with one attached hydrogen (secondary N) is 2. The molecule has 56 heavy (non-hydrogen) atoms. The maximum absolute atomic E-state index is 14.3. The Hall–Kier alpha value is -3.75. The van der Waals surface area contributed by atoms with Crippen LogP contribution in [0.4, 0.5) is 4.79 Å². The molecule has 3 fully saturated rings. The lowest BCUT2D eigenvalue weighted by molar-refractivity contribution is -0.148. The van der Waals surface area contributed by atoms with Crippen molar-refractivity contribution in [2.75, 3.05) is 41.5 Å². The summed E-state index contributed by atoms with van der Waals surface area (Å²) in [5, 5.41) is 16.0. The first-order valence-electron chi connectivity index (χ1n) is 20.4. The van der Waals surface area contributed by atoms with Gasteiger partial charge in [-0.25, -0.2) is 4.79 Å². The summed E-state index contributed by atoms with van der Waals surface area (Å²) in [5.41, 5.74) is 1.08. The molecule has 2 bridgehead atoms. The number of carboxylic acid groups (broad SMARTS) is 1. The van der Waals surface area contributed by atoms with Crippen LogP contribution in [-0.2, 0) is 39.8 Å². The van der Waals surface area contributed by atoms with Crippen molar-refractivity contribution in [1.29, 1.82) is 0 Å². The van der Waals surface area contributed by atoms with Crippen LogP contribution in [0.15, 0.2) is 30.3 Å². The molecule has 11 atom stereocenters. The fraction of sp³-hybridized carbons (Fsp3) is 0.738. The van der Waals surface area contributed by atoms with Crippen LogP contribution in [-0.4, -0.2) is 140 Å². The van der Waals surface area contributed by atoms with Gasteiger partial charge in [-0.3, -0.25) is 24.1 Å². The van der Waals surface area contributed by atoms with Gasteiger partial charge in [0.15, 0.2) is 0 Å². The number of rotatable bonds is 20. The van der Waals surface area contributed by atoms with Gasteiger partial charge >= 0.3 is 6.09 Å². The van der Waals surface area contributed by atoms with Crippen molar-refractivity contribution in [2.24, 2.45) is 23.7 Å². The van der Waals surface area contributed by atoms with Crippen molar-refractivity contribution in [3.8, 4) is 0 Å². The first-order valence-corrected chi connectivity index (χ1v) is 20.4. The molecule has 1 aliphatic carbocycles. The van der Waals surface area contributed by atoms with Crippen LogP contribution in [0, 0.1) is 23.7 Å². The number of ether oxygens (including phenoxy) is 3. The lowest BCUT2D eigenvalue weighted by atomic mass is 9.89. The quantitative estimate of drug-likeness (QED) is 0.178. The Morgan fingerprint density at radius 2 is 1.66 bits per heavy atom. The summed E-state index contributed by atoms with van der Waals surface area (Å²) in [7, 11) is 6.41. The number of carbonyl (C=O) groups is 5. The molecule has 0 radical (unpaired) electrons. The van der Waals surface area contributed by atoms with Crippen LogP contribution < -0.4 is 10.6 Å². The van der Waals surface area contributed by atoms with Crippen LogP contribution in [0.25, 0.3) is 0 Å². The summed E-state index contributed by atoms with van der Waals surface area (Å²) in [5.74, 6) is -2.08. The van der Waals surface area contributed by atoms with E-state index in [1.165, 1.54) is 4.90 Å². The Balaban J connectivity index is 1.46. The molecular weight excluding hydrogens is 718 g/mol. The SMILES string of the molecule is CC[C@H](C)[C@@H]([C@@H](CC(=O)N1CCC[C@H]1[C@H](OC)[C@@H](C)C(=O)N[C@H](COC)Cc1ccccc1)OC)N(C)C(=O)[C@@H](NC(=O)[C@@H]1[C@H]2CC[C@H](C2)N1C(=O)O)C(C)C. The topological polar surface area (TPSA) is 167 Å². The Morgan fingerprint density at radius 1 is 0.964 bits per heavy atom. The molecule has 5 amide bonds. The molecular formula is C42H67N5O9. The zero-order chi connectivity index (χ0) is 41.3. The zero-order valence-corrected chi connectivity index (χ0v) is 34.9. The fourth-order valence-corrected chi connectivity index (χ4v) is 9.46. The average Bonchev–Trinajstić information content (AvgIpc) is 3.94. The summed E-state index contributed by atoms with van der Waals surface area (Å²) in [6, 6.07) is 6.93. The van der Waals surface area contributed by atoms with E-state index in [1.807, 2.05) is 65.0 Å². The summed E-state index contributed by atoms with van der Waals surface area (Å²) in [6.07, 6.45) is 2.59. The first kappa shape index (κ1) is 45.0. The van der Waals surface area contributed by atoms with E-state index in [4.69, 9.17) is 14.2 Å². The van der Waals surface area contributed by atoms with Crippen molar-refractivity contribution in [3.63, 3.8) is 0 Å². The van der Waals surface area contributed by atoms with Gasteiger partial charge in [0.2, 0.25) is 23.6 Å². The second-order valence-corrected chi connectivity index (χ2v) is 16.5. The van der Waals surface area contributed by atoms with E-state index in [2.05, 4.69) is 10.6 Å². The van der Waals surface area contributed by atoms with Gasteiger partial charge in [-0.05, 0) is 61.8 Å². The molecule has 14 heteroatoms. The highest BCUT2D eigenvalue weighted by Gasteiger charge is 2.52. The highest BCUT2D eigenvalue weighted by Crippen LogP contribution is 2.42. The minimum atomic E-state index is -1.12. The third kappa shape index (κ3) is 10.4. The van der Waals surface area contributed by atoms with E-state index in [1.54, 1.807) is 38.2 Å². The van der Waals surface area contributed by atoms with Gasteiger partial charge in [-0.2, -0.15) is 0 Å². The third-order valence-corrected chi connectivity index (χ3v) is 12.6. The molecule has 2 aliphatic heterocycles. The van der Waals surface area contributed by atoms with E-state index >= 15 is 0 Å². The summed E-state index contributed by atoms with van der Waals surface area (Å²) in [6.45, 7) is 10.4. The van der Waals surface area contributed by atoms with Crippen molar-refractivity contribution >= 4 is 29.7 Å². The van der Waals surface area contributed by atoms with E-state index in [0.717, 1.165) is 24.8 Å². The molecule has 3 aliphatic rings. The largest absolute Gasteiger partial charge is 0.465 e. The molecule has 0 aromatic heterocycles. The number of hydrogen-bond acceptors (Lipinski definition) is 8. The van der Waals surface area contributed by atoms with Crippen LogP contribution in [0.1, 0.15) is 85.1 Å². The number of benzene rings is 1. The highest BCUT2D eigenvalue weighted by atomic mass is 16.5. The Bertz CT molecular complexity index is 1480. The predicted octanol–water partition coefficient (Wildman–Crippen LogP) is 3.95. The number of carbonyl (C=O) groups excluding carboxylic acids is 4. The molecule has 3 N–H and O–H groups in total. The summed E-state index contributed by atoms with van der Waals surface area (Å²) < 4.78 is 17.4. The molecule has 0 unspecified atom stereocenters. The second-order valence-electron chi connectivity index (χ2n) is 16.5. The Morgan fingerprint density at radius 3 is 2.25 bits per heavy atom. The number of amides is 5. The maximum Gasteiger partial charge on any atom is 0.408 e. The van der Waals surface area contributed by atoms with Gasteiger partial charge < -0.3 is 39.8 Å². The van der Waals surface area contributed by atoms with Crippen molar-refractivity contribution in [1.82, 2.24) is 25.3 Å². The lowest BCUT2D eigenvalue weighted by Gasteiger charge is -2.41. The van der Waals surface area contributed by atoms with Crippen molar-refractivity contribution in [2.45, 2.75) is 134 Å². The number of methoxy groups -OCH3 is 3. The van der Waals surface area contributed by atoms with Gasteiger partial charge in [0.1, 0.15) is 12.1 Å². The number of piperidine rings is 1. The molecule has 4 rings (SSSR count). The zero-order valence-electron chi connectivity index (χ0n) is 34.9. The molecule has 314 valence electrons. The van der Waals surface area contributed by atoms with Crippen LogP contribution in [0.5, 0.6) is 0 Å². The highest BCUT2D eigenvalue weighted by molar-refractivity contribution is 5.92. The van der Waals surface area contributed by atoms with Gasteiger partial charge in [0, 0.05) is 41.0 Å². The average molecular weight is 786 g/mol.